The molecule has 0 unspecified atom stereocenters. The van der Waals surface area contributed by atoms with Gasteiger partial charge in [-0.25, -0.2) is 8.42 Å². The van der Waals surface area contributed by atoms with Crippen LogP contribution in [0.15, 0.2) is 59.5 Å². The van der Waals surface area contributed by atoms with Crippen LogP contribution in [0.3, 0.4) is 0 Å². The Morgan fingerprint density at radius 3 is 2.22 bits per heavy atom. The minimum Gasteiger partial charge on any atom is -0.457 e. The summed E-state index contributed by atoms with van der Waals surface area (Å²) in [4.78, 5) is 11.3. The first-order chi connectivity index (χ1) is 11.1. The van der Waals surface area contributed by atoms with Crippen LogP contribution in [0.25, 0.3) is 0 Å². The number of carbonyl (C=O) groups is 1. The van der Waals surface area contributed by atoms with Crippen molar-refractivity contribution in [3.8, 4) is 11.5 Å². The third-order valence-corrected chi connectivity index (χ3v) is 5.34. The van der Waals surface area contributed by atoms with Gasteiger partial charge in [-0.2, -0.15) is 4.31 Å². The first-order valence-corrected chi connectivity index (χ1v) is 8.59. The lowest BCUT2D eigenvalue weighted by molar-refractivity contribution is -0.123. The van der Waals surface area contributed by atoms with Crippen molar-refractivity contribution < 1.29 is 17.9 Å². The zero-order chi connectivity index (χ0) is 16.3. The van der Waals surface area contributed by atoms with E-state index in [1.165, 1.54) is 16.4 Å². The van der Waals surface area contributed by atoms with E-state index in [9.17, 15) is 13.2 Å². The molecule has 1 aliphatic rings. The molecule has 3 rings (SSSR count). The minimum absolute atomic E-state index is 0.00341. The average molecular weight is 332 g/mol. The molecule has 1 amide bonds. The molecule has 2 aromatic carbocycles. The van der Waals surface area contributed by atoms with Crippen LogP contribution in [0.4, 0.5) is 0 Å². The second kappa shape index (κ2) is 6.39. The number of hydrogen-bond acceptors (Lipinski definition) is 4. The van der Waals surface area contributed by atoms with E-state index < -0.39 is 10.0 Å². The van der Waals surface area contributed by atoms with Gasteiger partial charge in [0, 0.05) is 13.0 Å². The van der Waals surface area contributed by atoms with E-state index in [0.29, 0.717) is 11.5 Å². The molecular weight excluding hydrogens is 316 g/mol. The van der Waals surface area contributed by atoms with Gasteiger partial charge in [0.15, 0.2) is 0 Å². The van der Waals surface area contributed by atoms with Gasteiger partial charge in [-0.1, -0.05) is 18.2 Å². The summed E-state index contributed by atoms with van der Waals surface area (Å²) in [6, 6.07) is 15.5. The Bertz CT molecular complexity index is 779. The Morgan fingerprint density at radius 1 is 0.957 bits per heavy atom. The maximum absolute atomic E-state index is 12.5. The third kappa shape index (κ3) is 3.52. The number of nitrogens with one attached hydrogen (secondary N) is 1. The molecule has 2 aromatic rings. The van der Waals surface area contributed by atoms with Crippen molar-refractivity contribution >= 4 is 15.9 Å². The average Bonchev–Trinajstić information content (AvgIpc) is 2.57. The molecule has 120 valence electrons. The highest BCUT2D eigenvalue weighted by Crippen LogP contribution is 2.24. The summed E-state index contributed by atoms with van der Waals surface area (Å²) in [7, 11) is -3.61. The molecule has 1 heterocycles. The Morgan fingerprint density at radius 2 is 1.61 bits per heavy atom. The van der Waals surface area contributed by atoms with Crippen molar-refractivity contribution in [2.45, 2.75) is 11.3 Å². The molecular formula is C16H16N2O4S. The van der Waals surface area contributed by atoms with Gasteiger partial charge in [-0.3, -0.25) is 4.79 Å². The summed E-state index contributed by atoms with van der Waals surface area (Å²) in [5, 5.41) is 2.54. The zero-order valence-electron chi connectivity index (χ0n) is 12.3. The highest BCUT2D eigenvalue weighted by atomic mass is 32.2. The number of amides is 1. The molecule has 0 spiro atoms. The SMILES string of the molecule is O=C1CCN(S(=O)(=O)c2ccc(Oc3ccccc3)cc2)CN1. The largest absolute Gasteiger partial charge is 0.457 e. The fourth-order valence-corrected chi connectivity index (χ4v) is 3.57. The number of benzene rings is 2. The van der Waals surface area contributed by atoms with Crippen molar-refractivity contribution in [2.24, 2.45) is 0 Å². The number of sulfonamides is 1. The monoisotopic (exact) mass is 332 g/mol. The van der Waals surface area contributed by atoms with Crippen molar-refractivity contribution in [1.29, 1.82) is 0 Å². The summed E-state index contributed by atoms with van der Waals surface area (Å²) in [5.41, 5.74) is 0. The molecule has 1 fully saturated rings. The van der Waals surface area contributed by atoms with Crippen LogP contribution >= 0.6 is 0 Å². The minimum atomic E-state index is -3.61. The van der Waals surface area contributed by atoms with Crippen LogP contribution in [0, 0.1) is 0 Å². The molecule has 1 aliphatic heterocycles. The number of nitrogens with zero attached hydrogens (tertiary/aromatic N) is 1. The summed E-state index contributed by atoms with van der Waals surface area (Å²) < 4.78 is 31.9. The predicted octanol–water partition coefficient (Wildman–Crippen LogP) is 1.95. The Labute approximate surface area is 134 Å². The molecule has 6 nitrogen and oxygen atoms in total. The predicted molar refractivity (Wildman–Crippen MR) is 84.5 cm³/mol. The first kappa shape index (κ1) is 15.5. The molecule has 0 saturated carbocycles. The van der Waals surface area contributed by atoms with Crippen molar-refractivity contribution in [1.82, 2.24) is 9.62 Å². The van der Waals surface area contributed by atoms with Gasteiger partial charge in [-0.15, -0.1) is 0 Å². The smallest absolute Gasteiger partial charge is 0.244 e. The van der Waals surface area contributed by atoms with Gasteiger partial charge in [0.2, 0.25) is 15.9 Å². The lowest BCUT2D eigenvalue weighted by atomic mass is 10.3. The van der Waals surface area contributed by atoms with Gasteiger partial charge < -0.3 is 10.1 Å². The van der Waals surface area contributed by atoms with Crippen molar-refractivity contribution in [3.05, 3.63) is 54.6 Å². The molecule has 0 bridgehead atoms. The highest BCUT2D eigenvalue weighted by molar-refractivity contribution is 7.89. The van der Waals surface area contributed by atoms with Crippen molar-refractivity contribution in [3.63, 3.8) is 0 Å². The summed E-state index contributed by atoms with van der Waals surface area (Å²) in [6.07, 6.45) is 0.175. The number of hydrogen-bond donors (Lipinski definition) is 1. The number of rotatable bonds is 4. The van der Waals surface area contributed by atoms with E-state index in [1.807, 2.05) is 30.3 Å². The van der Waals surface area contributed by atoms with E-state index in [-0.39, 0.29) is 30.4 Å². The van der Waals surface area contributed by atoms with Crippen LogP contribution in [0.2, 0.25) is 0 Å². The van der Waals surface area contributed by atoms with Gasteiger partial charge in [0.25, 0.3) is 0 Å². The summed E-state index contributed by atoms with van der Waals surface area (Å²) in [5.74, 6) is 1.10. The summed E-state index contributed by atoms with van der Waals surface area (Å²) >= 11 is 0. The topological polar surface area (TPSA) is 75.7 Å². The van der Waals surface area contributed by atoms with Gasteiger partial charge in [-0.05, 0) is 36.4 Å². The first-order valence-electron chi connectivity index (χ1n) is 7.15. The van der Waals surface area contributed by atoms with Crippen LogP contribution in [0.5, 0.6) is 11.5 Å². The van der Waals surface area contributed by atoms with E-state index in [1.54, 1.807) is 12.1 Å². The van der Waals surface area contributed by atoms with Gasteiger partial charge >= 0.3 is 0 Å². The van der Waals surface area contributed by atoms with Crippen LogP contribution in [0.1, 0.15) is 6.42 Å². The Hall–Kier alpha value is -2.38. The molecule has 7 heteroatoms. The zero-order valence-corrected chi connectivity index (χ0v) is 13.1. The molecule has 0 atom stereocenters. The van der Waals surface area contributed by atoms with Crippen LogP contribution < -0.4 is 10.1 Å². The van der Waals surface area contributed by atoms with Crippen molar-refractivity contribution in [2.75, 3.05) is 13.2 Å². The fraction of sp³-hybridized carbons (Fsp3) is 0.188. The quantitative estimate of drug-likeness (QED) is 0.928. The van der Waals surface area contributed by atoms with E-state index in [2.05, 4.69) is 5.32 Å². The van der Waals surface area contributed by atoms with E-state index in [4.69, 9.17) is 4.74 Å². The fourth-order valence-electron chi connectivity index (χ4n) is 2.23. The normalized spacial score (nSPS) is 15.9. The Kier molecular flexibility index (Phi) is 4.31. The standard InChI is InChI=1S/C16H16N2O4S/c19-16-10-11-18(12-17-16)23(20,21)15-8-6-14(7-9-15)22-13-4-2-1-3-5-13/h1-9H,10-12H2,(H,17,19). The number of carbonyl (C=O) groups excluding carboxylic acids is 1. The maximum atomic E-state index is 12.5. The van der Waals surface area contributed by atoms with Crippen LogP contribution in [-0.4, -0.2) is 31.8 Å². The number of para-hydroxylation sites is 1. The van der Waals surface area contributed by atoms with Gasteiger partial charge in [0.05, 0.1) is 11.6 Å². The second-order valence-corrected chi connectivity index (χ2v) is 7.01. The molecule has 1 N–H and O–H groups in total. The highest BCUT2D eigenvalue weighted by Gasteiger charge is 2.28. The second-order valence-electron chi connectivity index (χ2n) is 5.08. The van der Waals surface area contributed by atoms with E-state index >= 15 is 0 Å². The van der Waals surface area contributed by atoms with E-state index in [0.717, 1.165) is 0 Å². The molecule has 0 aliphatic carbocycles. The lowest BCUT2D eigenvalue weighted by Gasteiger charge is -2.26. The molecule has 0 radical (unpaired) electrons. The number of ether oxygens (including phenoxy) is 1. The molecule has 0 aromatic heterocycles. The van der Waals surface area contributed by atoms with Gasteiger partial charge in [0.1, 0.15) is 11.5 Å². The summed E-state index contributed by atoms with van der Waals surface area (Å²) in [6.45, 7) is 0.194. The third-order valence-electron chi connectivity index (χ3n) is 3.48. The molecule has 23 heavy (non-hydrogen) atoms. The van der Waals surface area contributed by atoms with Crippen LogP contribution in [-0.2, 0) is 14.8 Å². The molecule has 1 saturated heterocycles. The lowest BCUT2D eigenvalue weighted by Crippen LogP contribution is -2.47. The maximum Gasteiger partial charge on any atom is 0.244 e. The Balaban J connectivity index is 1.75.